The van der Waals surface area contributed by atoms with E-state index in [4.69, 9.17) is 4.42 Å². The van der Waals surface area contributed by atoms with Crippen molar-refractivity contribution >= 4 is 23.3 Å². The van der Waals surface area contributed by atoms with Crippen LogP contribution in [0.4, 0.5) is 23.7 Å². The van der Waals surface area contributed by atoms with Crippen LogP contribution in [0.2, 0.25) is 0 Å². The summed E-state index contributed by atoms with van der Waals surface area (Å²) in [7, 11) is 0. The molecule has 1 aliphatic carbocycles. The quantitative estimate of drug-likeness (QED) is 0.348. The Morgan fingerprint density at radius 2 is 1.82 bits per heavy atom. The van der Waals surface area contributed by atoms with E-state index < -0.39 is 18.1 Å². The van der Waals surface area contributed by atoms with E-state index in [0.717, 1.165) is 19.3 Å². The summed E-state index contributed by atoms with van der Waals surface area (Å²) in [6.45, 7) is 1.72. The van der Waals surface area contributed by atoms with E-state index in [2.05, 4.69) is 15.2 Å². The zero-order valence-electron chi connectivity index (χ0n) is 21.4. The first-order valence-electron chi connectivity index (χ1n) is 13.1. The SMILES string of the molecule is O=C(C1CCC1)N1CCN(C(=O)N(Cc2cn3ccc(-c4nnc(C(F)F)o4)cc3n2)c2cccc(F)c2)CC1. The number of hydrogen-bond acceptors (Lipinski definition) is 6. The van der Waals surface area contributed by atoms with E-state index in [1.165, 1.54) is 23.1 Å². The second kappa shape index (κ2) is 10.6. The first-order chi connectivity index (χ1) is 19.4. The van der Waals surface area contributed by atoms with Crippen molar-refractivity contribution in [1.29, 1.82) is 0 Å². The summed E-state index contributed by atoms with van der Waals surface area (Å²) in [5, 5.41) is 7.03. The fraction of sp³-hybridized carbons (Fsp3) is 0.370. The first-order valence-corrected chi connectivity index (χ1v) is 13.1. The number of hydrogen-bond donors (Lipinski definition) is 0. The van der Waals surface area contributed by atoms with Crippen LogP contribution in [0, 0.1) is 11.7 Å². The van der Waals surface area contributed by atoms with E-state index in [-0.39, 0.29) is 30.3 Å². The Bertz CT molecular complexity index is 1540. The summed E-state index contributed by atoms with van der Waals surface area (Å²) in [6.07, 6.45) is 3.46. The highest BCUT2D eigenvalue weighted by atomic mass is 19.3. The zero-order chi connectivity index (χ0) is 27.8. The molecule has 0 spiro atoms. The molecule has 1 saturated heterocycles. The molecule has 1 aromatic carbocycles. The highest BCUT2D eigenvalue weighted by molar-refractivity contribution is 5.92. The number of rotatable bonds is 6. The molecule has 2 fully saturated rings. The molecule has 1 saturated carbocycles. The van der Waals surface area contributed by atoms with Crippen molar-refractivity contribution in [2.75, 3.05) is 31.1 Å². The van der Waals surface area contributed by atoms with Crippen LogP contribution in [0.3, 0.4) is 0 Å². The number of benzene rings is 1. The number of piperazine rings is 1. The Hall–Kier alpha value is -4.42. The van der Waals surface area contributed by atoms with Gasteiger partial charge in [0.25, 0.3) is 5.89 Å². The smallest absolute Gasteiger partial charge is 0.324 e. The molecule has 1 aliphatic heterocycles. The van der Waals surface area contributed by atoms with Gasteiger partial charge in [0.05, 0.1) is 12.2 Å². The van der Waals surface area contributed by atoms with Crippen LogP contribution in [0.25, 0.3) is 17.1 Å². The summed E-state index contributed by atoms with van der Waals surface area (Å²) in [4.78, 5) is 35.9. The van der Waals surface area contributed by atoms with E-state index in [0.29, 0.717) is 48.8 Å². The molecular weight excluding hydrogens is 527 g/mol. The van der Waals surface area contributed by atoms with Crippen LogP contribution in [-0.2, 0) is 11.3 Å². The van der Waals surface area contributed by atoms with Crippen LogP contribution >= 0.6 is 0 Å². The maximum absolute atomic E-state index is 14.2. The summed E-state index contributed by atoms with van der Waals surface area (Å²) < 4.78 is 46.6. The van der Waals surface area contributed by atoms with Crippen molar-refractivity contribution in [3.8, 4) is 11.5 Å². The predicted molar refractivity (Wildman–Crippen MR) is 137 cm³/mol. The number of aromatic nitrogens is 4. The molecule has 4 aromatic rings. The molecule has 2 aliphatic rings. The number of alkyl halides is 2. The Morgan fingerprint density at radius 3 is 2.50 bits per heavy atom. The topological polar surface area (TPSA) is 100 Å². The molecule has 0 radical (unpaired) electrons. The average Bonchev–Trinajstić information content (AvgIpc) is 3.57. The van der Waals surface area contributed by atoms with Crippen LogP contribution in [0.5, 0.6) is 0 Å². The van der Waals surface area contributed by atoms with Crippen molar-refractivity contribution < 1.29 is 27.2 Å². The third-order valence-corrected chi connectivity index (χ3v) is 7.37. The van der Waals surface area contributed by atoms with Gasteiger partial charge in [-0.05, 0) is 43.2 Å². The van der Waals surface area contributed by atoms with Crippen LogP contribution < -0.4 is 4.90 Å². The van der Waals surface area contributed by atoms with Gasteiger partial charge in [0.15, 0.2) is 0 Å². The molecule has 208 valence electrons. The monoisotopic (exact) mass is 553 g/mol. The lowest BCUT2D eigenvalue weighted by molar-refractivity contribution is -0.139. The third kappa shape index (κ3) is 5.10. The number of carbonyl (C=O) groups excluding carboxylic acids is 2. The molecule has 0 atom stereocenters. The van der Waals surface area contributed by atoms with Gasteiger partial charge in [0.2, 0.25) is 11.8 Å². The molecule has 3 amide bonds. The third-order valence-electron chi connectivity index (χ3n) is 7.37. The molecule has 10 nitrogen and oxygen atoms in total. The molecule has 0 N–H and O–H groups in total. The Labute approximate surface area is 227 Å². The van der Waals surface area contributed by atoms with Crippen LogP contribution in [0.15, 0.2) is 53.2 Å². The normalized spacial score (nSPS) is 16.0. The molecule has 4 heterocycles. The zero-order valence-corrected chi connectivity index (χ0v) is 21.4. The van der Waals surface area contributed by atoms with Crippen molar-refractivity contribution in [2.24, 2.45) is 5.92 Å². The minimum Gasteiger partial charge on any atom is -0.415 e. The molecule has 0 bridgehead atoms. The molecule has 0 unspecified atom stereocenters. The lowest BCUT2D eigenvalue weighted by Crippen LogP contribution is -2.55. The van der Waals surface area contributed by atoms with Gasteiger partial charge < -0.3 is 18.6 Å². The first kappa shape index (κ1) is 25.8. The van der Waals surface area contributed by atoms with Gasteiger partial charge in [-0.2, -0.15) is 8.78 Å². The van der Waals surface area contributed by atoms with Crippen LogP contribution in [0.1, 0.15) is 37.3 Å². The van der Waals surface area contributed by atoms with Gasteiger partial charge in [0.1, 0.15) is 11.5 Å². The lowest BCUT2D eigenvalue weighted by Gasteiger charge is -2.39. The van der Waals surface area contributed by atoms with E-state index in [9.17, 15) is 22.8 Å². The fourth-order valence-corrected chi connectivity index (χ4v) is 4.96. The van der Waals surface area contributed by atoms with E-state index in [1.807, 2.05) is 4.90 Å². The number of fused-ring (bicyclic) bond motifs is 1. The highest BCUT2D eigenvalue weighted by Crippen LogP contribution is 2.29. The van der Waals surface area contributed by atoms with Gasteiger partial charge in [-0.25, -0.2) is 14.2 Å². The second-order valence-electron chi connectivity index (χ2n) is 9.95. The van der Waals surface area contributed by atoms with Crippen molar-refractivity contribution in [3.63, 3.8) is 0 Å². The lowest BCUT2D eigenvalue weighted by atomic mass is 9.84. The van der Waals surface area contributed by atoms with Gasteiger partial charge in [0, 0.05) is 55.7 Å². The van der Waals surface area contributed by atoms with Crippen molar-refractivity contribution in [1.82, 2.24) is 29.4 Å². The molecule has 40 heavy (non-hydrogen) atoms. The van der Waals surface area contributed by atoms with Gasteiger partial charge in [-0.1, -0.05) is 12.5 Å². The largest absolute Gasteiger partial charge is 0.415 e. The number of pyridine rings is 1. The summed E-state index contributed by atoms with van der Waals surface area (Å²) in [6, 6.07) is 8.71. The summed E-state index contributed by atoms with van der Waals surface area (Å²) >= 11 is 0. The average molecular weight is 554 g/mol. The van der Waals surface area contributed by atoms with E-state index >= 15 is 0 Å². The summed E-state index contributed by atoms with van der Waals surface area (Å²) in [5.74, 6) is -1.04. The van der Waals surface area contributed by atoms with Gasteiger partial charge in [-0.15, -0.1) is 10.2 Å². The molecular formula is C27H26F3N7O3. The minimum atomic E-state index is -2.87. The van der Waals surface area contributed by atoms with Gasteiger partial charge >= 0.3 is 12.5 Å². The second-order valence-corrected chi connectivity index (χ2v) is 9.95. The number of nitrogens with zero attached hydrogens (tertiary/aromatic N) is 7. The van der Waals surface area contributed by atoms with Crippen molar-refractivity contribution in [2.45, 2.75) is 32.2 Å². The number of amides is 3. The van der Waals surface area contributed by atoms with Crippen molar-refractivity contribution in [3.05, 3.63) is 66.2 Å². The fourth-order valence-electron chi connectivity index (χ4n) is 4.96. The van der Waals surface area contributed by atoms with E-state index in [1.54, 1.807) is 39.9 Å². The Morgan fingerprint density at radius 1 is 1.05 bits per heavy atom. The Kier molecular flexibility index (Phi) is 6.86. The predicted octanol–water partition coefficient (Wildman–Crippen LogP) is 4.53. The standard InChI is InChI=1S/C27H26F3N7O3/c28-19-5-2-6-21(14-19)37(27(39)35-11-9-34(10-12-35)26(38)17-3-1-4-17)16-20-15-36-8-7-18(13-22(36)31-20)24-32-33-25(40-24)23(29)30/h2,5-8,13-15,17,23H,1,3-4,9-12,16H2. The molecule has 6 rings (SSSR count). The number of carbonyl (C=O) groups is 2. The molecule has 13 heteroatoms. The highest BCUT2D eigenvalue weighted by Gasteiger charge is 2.33. The van der Waals surface area contributed by atoms with Crippen LogP contribution in [-0.4, -0.2) is 67.5 Å². The summed E-state index contributed by atoms with van der Waals surface area (Å²) in [5.41, 5.74) is 1.78. The van der Waals surface area contributed by atoms with Gasteiger partial charge in [-0.3, -0.25) is 9.69 Å². The molecule has 3 aromatic heterocycles. The maximum Gasteiger partial charge on any atom is 0.324 e. The minimum absolute atomic E-state index is 0.0522. The maximum atomic E-state index is 14.2. The number of anilines is 1. The number of imidazole rings is 1. The Balaban J connectivity index is 1.22. The number of halogens is 3. The number of urea groups is 1.